The van der Waals surface area contributed by atoms with Crippen molar-refractivity contribution in [3.8, 4) is 0 Å². The van der Waals surface area contributed by atoms with E-state index in [9.17, 15) is 13.2 Å². The number of rotatable bonds is 4. The lowest BCUT2D eigenvalue weighted by Crippen LogP contribution is -2.25. The Labute approximate surface area is 129 Å². The Kier molecular flexibility index (Phi) is 3.97. The van der Waals surface area contributed by atoms with Crippen LogP contribution in [-0.2, 0) is 20.4 Å². The maximum absolute atomic E-state index is 12.1. The summed E-state index contributed by atoms with van der Waals surface area (Å²) in [5.41, 5.74) is 0.871. The molecule has 0 spiro atoms. The molecule has 2 unspecified atom stereocenters. The lowest BCUT2D eigenvalue weighted by Gasteiger charge is -2.05. The molecule has 2 saturated carbocycles. The first kappa shape index (κ1) is 14.9. The average molecular weight is 328 g/mol. The SMILES string of the molecule is O=C(NCc1ccc(S(=O)(=O)Cl)cc1)C1C2CCCCC21. The van der Waals surface area contributed by atoms with Gasteiger partial charge in [0.05, 0.1) is 4.90 Å². The van der Waals surface area contributed by atoms with Crippen LogP contribution in [0.15, 0.2) is 29.2 Å². The van der Waals surface area contributed by atoms with Crippen molar-refractivity contribution >= 4 is 25.6 Å². The fraction of sp³-hybridized carbons (Fsp3) is 0.533. The van der Waals surface area contributed by atoms with Crippen molar-refractivity contribution in [2.75, 3.05) is 0 Å². The van der Waals surface area contributed by atoms with Crippen LogP contribution in [0.1, 0.15) is 31.2 Å². The molecule has 1 N–H and O–H groups in total. The zero-order chi connectivity index (χ0) is 15.0. The fourth-order valence-corrected chi connectivity index (χ4v) is 4.23. The molecule has 2 fully saturated rings. The molecule has 2 atom stereocenters. The number of fused-ring (bicyclic) bond motifs is 1. The van der Waals surface area contributed by atoms with Crippen LogP contribution in [0.3, 0.4) is 0 Å². The molecule has 1 aromatic rings. The summed E-state index contributed by atoms with van der Waals surface area (Å²) in [6.45, 7) is 0.428. The van der Waals surface area contributed by atoms with Gasteiger partial charge in [0.15, 0.2) is 0 Å². The van der Waals surface area contributed by atoms with E-state index >= 15 is 0 Å². The molecule has 21 heavy (non-hydrogen) atoms. The minimum atomic E-state index is -3.68. The zero-order valence-electron chi connectivity index (χ0n) is 11.6. The maximum atomic E-state index is 12.1. The molecule has 114 valence electrons. The highest BCUT2D eigenvalue weighted by Gasteiger charge is 2.54. The first-order valence-electron chi connectivity index (χ1n) is 7.28. The lowest BCUT2D eigenvalue weighted by atomic mass is 10.0. The van der Waals surface area contributed by atoms with Crippen LogP contribution >= 0.6 is 10.7 Å². The van der Waals surface area contributed by atoms with Gasteiger partial charge in [0.25, 0.3) is 9.05 Å². The number of carbonyl (C=O) groups excluding carboxylic acids is 1. The van der Waals surface area contributed by atoms with Crippen LogP contribution < -0.4 is 5.32 Å². The maximum Gasteiger partial charge on any atom is 0.261 e. The van der Waals surface area contributed by atoms with Crippen LogP contribution in [0.25, 0.3) is 0 Å². The van der Waals surface area contributed by atoms with Crippen molar-refractivity contribution < 1.29 is 13.2 Å². The molecule has 0 radical (unpaired) electrons. The third kappa shape index (κ3) is 3.24. The van der Waals surface area contributed by atoms with E-state index in [4.69, 9.17) is 10.7 Å². The first-order valence-corrected chi connectivity index (χ1v) is 9.59. The van der Waals surface area contributed by atoms with E-state index in [0.717, 1.165) is 5.56 Å². The van der Waals surface area contributed by atoms with Gasteiger partial charge in [-0.05, 0) is 42.4 Å². The highest BCUT2D eigenvalue weighted by atomic mass is 35.7. The molecule has 0 bridgehead atoms. The average Bonchev–Trinajstić information content (AvgIpc) is 3.18. The van der Waals surface area contributed by atoms with Gasteiger partial charge in [-0.3, -0.25) is 4.79 Å². The Morgan fingerprint density at radius 1 is 1.14 bits per heavy atom. The Hall–Kier alpha value is -1.07. The van der Waals surface area contributed by atoms with Gasteiger partial charge in [-0.2, -0.15) is 0 Å². The van der Waals surface area contributed by atoms with Crippen molar-refractivity contribution in [1.82, 2.24) is 5.32 Å². The van der Waals surface area contributed by atoms with Crippen molar-refractivity contribution in [2.24, 2.45) is 17.8 Å². The third-order valence-corrected chi connectivity index (χ3v) is 6.00. The van der Waals surface area contributed by atoms with Gasteiger partial charge in [-0.1, -0.05) is 25.0 Å². The molecule has 4 nitrogen and oxygen atoms in total. The van der Waals surface area contributed by atoms with Gasteiger partial charge >= 0.3 is 0 Å². The van der Waals surface area contributed by atoms with Gasteiger partial charge in [0.1, 0.15) is 0 Å². The van der Waals surface area contributed by atoms with Crippen molar-refractivity contribution in [3.05, 3.63) is 29.8 Å². The number of carbonyl (C=O) groups is 1. The third-order valence-electron chi connectivity index (χ3n) is 4.63. The summed E-state index contributed by atoms with van der Waals surface area (Å²) in [5.74, 6) is 1.54. The van der Waals surface area contributed by atoms with E-state index in [1.54, 1.807) is 12.1 Å². The molecular formula is C15H18ClNO3S. The van der Waals surface area contributed by atoms with E-state index in [0.29, 0.717) is 18.4 Å². The Bertz CT molecular complexity index is 629. The Balaban J connectivity index is 1.55. The standard InChI is InChI=1S/C15H18ClNO3S/c16-21(19,20)11-7-5-10(6-8-11)9-17-15(18)14-12-3-1-2-4-13(12)14/h5-8,12-14H,1-4,9H2,(H,17,18). The van der Waals surface area contributed by atoms with Crippen molar-refractivity contribution in [2.45, 2.75) is 37.1 Å². The minimum absolute atomic E-state index is 0.0763. The van der Waals surface area contributed by atoms with E-state index in [1.165, 1.54) is 37.8 Å². The first-order chi connectivity index (χ1) is 9.97. The zero-order valence-corrected chi connectivity index (χ0v) is 13.2. The summed E-state index contributed by atoms with van der Waals surface area (Å²) in [6.07, 6.45) is 4.87. The molecule has 0 heterocycles. The number of hydrogen-bond acceptors (Lipinski definition) is 3. The summed E-state index contributed by atoms with van der Waals surface area (Å²) in [5, 5.41) is 2.95. The lowest BCUT2D eigenvalue weighted by molar-refractivity contribution is -0.123. The molecule has 0 aliphatic heterocycles. The number of benzene rings is 1. The molecule has 0 saturated heterocycles. The molecule has 6 heteroatoms. The second-order valence-corrected chi connectivity index (χ2v) is 8.50. The summed E-state index contributed by atoms with van der Waals surface area (Å²) >= 11 is 0. The van der Waals surface area contributed by atoms with Crippen LogP contribution in [0.2, 0.25) is 0 Å². The van der Waals surface area contributed by atoms with Crippen LogP contribution in [0.4, 0.5) is 0 Å². The monoisotopic (exact) mass is 327 g/mol. The van der Waals surface area contributed by atoms with Gasteiger partial charge < -0.3 is 5.32 Å². The molecule has 3 rings (SSSR count). The molecule has 2 aliphatic rings. The van der Waals surface area contributed by atoms with Crippen molar-refractivity contribution in [1.29, 1.82) is 0 Å². The van der Waals surface area contributed by atoms with Crippen LogP contribution in [0, 0.1) is 17.8 Å². The molecular weight excluding hydrogens is 310 g/mol. The number of nitrogens with one attached hydrogen (secondary N) is 1. The van der Waals surface area contributed by atoms with Gasteiger partial charge in [0.2, 0.25) is 5.91 Å². The molecule has 1 amide bonds. The normalized spacial score (nSPS) is 27.8. The smallest absolute Gasteiger partial charge is 0.261 e. The summed E-state index contributed by atoms with van der Waals surface area (Å²) in [6, 6.07) is 6.27. The largest absolute Gasteiger partial charge is 0.352 e. The van der Waals surface area contributed by atoms with Crippen LogP contribution in [0.5, 0.6) is 0 Å². The van der Waals surface area contributed by atoms with Gasteiger partial charge in [-0.25, -0.2) is 8.42 Å². The summed E-state index contributed by atoms with van der Waals surface area (Å²) < 4.78 is 22.3. The van der Waals surface area contributed by atoms with Crippen molar-refractivity contribution in [3.63, 3.8) is 0 Å². The Morgan fingerprint density at radius 3 is 2.24 bits per heavy atom. The van der Waals surface area contributed by atoms with Gasteiger partial charge in [0, 0.05) is 23.1 Å². The molecule has 1 aromatic carbocycles. The number of halogens is 1. The van der Waals surface area contributed by atoms with E-state index in [1.807, 2.05) is 0 Å². The minimum Gasteiger partial charge on any atom is -0.352 e. The van der Waals surface area contributed by atoms with E-state index < -0.39 is 9.05 Å². The highest BCUT2D eigenvalue weighted by Crippen LogP contribution is 2.55. The van der Waals surface area contributed by atoms with E-state index in [-0.39, 0.29) is 16.7 Å². The van der Waals surface area contributed by atoms with Crippen LogP contribution in [-0.4, -0.2) is 14.3 Å². The topological polar surface area (TPSA) is 63.2 Å². The predicted molar refractivity (Wildman–Crippen MR) is 80.3 cm³/mol. The highest BCUT2D eigenvalue weighted by molar-refractivity contribution is 8.13. The Morgan fingerprint density at radius 2 is 1.71 bits per heavy atom. The second kappa shape index (κ2) is 5.61. The quantitative estimate of drug-likeness (QED) is 0.865. The van der Waals surface area contributed by atoms with E-state index in [2.05, 4.69) is 5.32 Å². The summed E-state index contributed by atoms with van der Waals surface area (Å²) in [4.78, 5) is 12.2. The fourth-order valence-electron chi connectivity index (χ4n) is 3.46. The summed E-state index contributed by atoms with van der Waals surface area (Å²) in [7, 11) is 1.58. The molecule has 0 aromatic heterocycles. The van der Waals surface area contributed by atoms with Gasteiger partial charge in [-0.15, -0.1) is 0 Å². The second-order valence-electron chi connectivity index (χ2n) is 5.94. The predicted octanol–water partition coefficient (Wildman–Crippen LogP) is 2.67. The number of hydrogen-bond donors (Lipinski definition) is 1. The molecule has 2 aliphatic carbocycles. The number of amides is 1.